The van der Waals surface area contributed by atoms with E-state index >= 15 is 0 Å². The molecule has 1 aromatic heterocycles. The van der Waals surface area contributed by atoms with E-state index in [0.717, 1.165) is 30.0 Å². The summed E-state index contributed by atoms with van der Waals surface area (Å²) in [4.78, 5) is 21.7. The maximum atomic E-state index is 14.5. The molecule has 1 heterocycles. The number of rotatable bonds is 6. The highest BCUT2D eigenvalue weighted by molar-refractivity contribution is 6.31. The summed E-state index contributed by atoms with van der Waals surface area (Å²) in [6, 6.07) is 2.89. The number of aromatic nitrogens is 1. The van der Waals surface area contributed by atoms with Gasteiger partial charge in [-0.2, -0.15) is 0 Å². The van der Waals surface area contributed by atoms with Crippen molar-refractivity contribution in [2.45, 2.75) is 26.7 Å². The Kier molecular flexibility index (Phi) is 5.38. The van der Waals surface area contributed by atoms with Gasteiger partial charge in [0.05, 0.1) is 22.9 Å². The Morgan fingerprint density at radius 1 is 1.31 bits per heavy atom. The molecule has 1 aliphatic carbocycles. The average molecular weight is 382 g/mol. The van der Waals surface area contributed by atoms with Crippen LogP contribution in [0.1, 0.15) is 34.3 Å². The Hall–Kier alpha value is -2.25. The second-order valence-electron chi connectivity index (χ2n) is 6.40. The molecule has 0 bridgehead atoms. The van der Waals surface area contributed by atoms with E-state index in [-0.39, 0.29) is 11.3 Å². The van der Waals surface area contributed by atoms with Crippen LogP contribution in [0.5, 0.6) is 0 Å². The molecule has 1 fully saturated rings. The third-order valence-electron chi connectivity index (χ3n) is 4.05. The number of aryl methyl sites for hydroxylation is 2. The van der Waals surface area contributed by atoms with Crippen LogP contribution in [0, 0.1) is 31.4 Å². The Morgan fingerprint density at radius 3 is 2.69 bits per heavy atom. The van der Waals surface area contributed by atoms with Gasteiger partial charge in [-0.05, 0) is 49.8 Å². The number of amides is 1. The molecule has 1 aliphatic rings. The summed E-state index contributed by atoms with van der Waals surface area (Å²) < 4.78 is 28.4. The minimum atomic E-state index is -1.26. The lowest BCUT2D eigenvalue weighted by Gasteiger charge is -2.15. The number of benzene rings is 1. The summed E-state index contributed by atoms with van der Waals surface area (Å²) in [5.74, 6) is -2.48. The van der Waals surface area contributed by atoms with Crippen molar-refractivity contribution in [2.75, 3.05) is 11.9 Å². The van der Waals surface area contributed by atoms with Crippen LogP contribution < -0.4 is 10.8 Å². The number of carbonyl (C=O) groups excluding carboxylic acids is 1. The zero-order valence-electron chi connectivity index (χ0n) is 14.3. The number of hydrogen-bond acceptors (Lipinski definition) is 4. The van der Waals surface area contributed by atoms with Crippen molar-refractivity contribution in [3.8, 4) is 0 Å². The van der Waals surface area contributed by atoms with Gasteiger partial charge in [0.25, 0.3) is 5.91 Å². The number of hydrogen-bond donors (Lipinski definition) is 2. The van der Waals surface area contributed by atoms with Gasteiger partial charge in [0.2, 0.25) is 0 Å². The largest absolute Gasteiger partial charge is 0.337 e. The van der Waals surface area contributed by atoms with E-state index in [0.29, 0.717) is 18.3 Å². The number of nitrogens with one attached hydrogen (secondary N) is 2. The average Bonchev–Trinajstić information content (AvgIpc) is 3.41. The van der Waals surface area contributed by atoms with Gasteiger partial charge in [-0.3, -0.25) is 9.63 Å². The molecule has 1 aromatic carbocycles. The van der Waals surface area contributed by atoms with Crippen molar-refractivity contribution in [1.82, 2.24) is 10.5 Å². The minimum Gasteiger partial charge on any atom is -0.337 e. The first-order chi connectivity index (χ1) is 12.4. The lowest BCUT2D eigenvalue weighted by molar-refractivity contribution is 0.0270. The molecule has 1 saturated carbocycles. The van der Waals surface area contributed by atoms with E-state index in [1.807, 2.05) is 13.0 Å². The molecule has 0 saturated heterocycles. The monoisotopic (exact) mass is 381 g/mol. The Morgan fingerprint density at radius 2 is 2.04 bits per heavy atom. The summed E-state index contributed by atoms with van der Waals surface area (Å²) in [5.41, 5.74) is 3.36. The first kappa shape index (κ1) is 18.5. The third kappa shape index (κ3) is 4.11. The molecule has 1 amide bonds. The van der Waals surface area contributed by atoms with Crippen molar-refractivity contribution in [2.24, 2.45) is 5.92 Å². The van der Waals surface area contributed by atoms with Gasteiger partial charge in [0, 0.05) is 6.20 Å². The Labute approximate surface area is 154 Å². The molecule has 26 heavy (non-hydrogen) atoms. The van der Waals surface area contributed by atoms with Crippen LogP contribution in [0.15, 0.2) is 18.3 Å². The lowest BCUT2D eigenvalue weighted by atomic mass is 10.1. The summed E-state index contributed by atoms with van der Waals surface area (Å²) in [7, 11) is 0. The number of hydroxylamine groups is 1. The van der Waals surface area contributed by atoms with E-state index < -0.39 is 22.6 Å². The van der Waals surface area contributed by atoms with Crippen molar-refractivity contribution in [3.05, 3.63) is 51.7 Å². The van der Waals surface area contributed by atoms with Gasteiger partial charge in [-0.1, -0.05) is 17.7 Å². The maximum Gasteiger partial charge on any atom is 0.277 e. The molecule has 2 N–H and O–H groups in total. The first-order valence-electron chi connectivity index (χ1n) is 8.16. The van der Waals surface area contributed by atoms with E-state index in [9.17, 15) is 13.6 Å². The van der Waals surface area contributed by atoms with Gasteiger partial charge < -0.3 is 5.32 Å². The molecule has 0 spiro atoms. The molecular formula is C18H18ClF2N3O2. The van der Waals surface area contributed by atoms with Gasteiger partial charge in [0.1, 0.15) is 5.82 Å². The van der Waals surface area contributed by atoms with Crippen LogP contribution in [0.2, 0.25) is 5.02 Å². The lowest BCUT2D eigenvalue weighted by Crippen LogP contribution is -2.26. The minimum absolute atomic E-state index is 0.175. The van der Waals surface area contributed by atoms with E-state index in [2.05, 4.69) is 15.8 Å². The van der Waals surface area contributed by atoms with E-state index in [4.69, 9.17) is 16.4 Å². The second kappa shape index (κ2) is 7.55. The molecule has 5 nitrogen and oxygen atoms in total. The highest BCUT2D eigenvalue weighted by Gasteiger charge is 2.25. The summed E-state index contributed by atoms with van der Waals surface area (Å²) in [6.07, 6.45) is 3.69. The number of halogens is 3. The van der Waals surface area contributed by atoms with Crippen molar-refractivity contribution in [3.63, 3.8) is 0 Å². The van der Waals surface area contributed by atoms with Crippen LogP contribution in [0.3, 0.4) is 0 Å². The van der Waals surface area contributed by atoms with Crippen LogP contribution in [-0.4, -0.2) is 17.5 Å². The number of anilines is 2. The molecular weight excluding hydrogens is 364 g/mol. The summed E-state index contributed by atoms with van der Waals surface area (Å²) in [5, 5.41) is 2.20. The molecule has 8 heteroatoms. The first-order valence-corrected chi connectivity index (χ1v) is 8.54. The number of nitrogens with zero attached hydrogens (tertiary/aromatic N) is 1. The Bertz CT molecular complexity index is 857. The molecule has 0 atom stereocenters. The summed E-state index contributed by atoms with van der Waals surface area (Å²) in [6.45, 7) is 4.01. The number of pyridine rings is 1. The molecule has 2 aromatic rings. The Balaban J connectivity index is 1.90. The fourth-order valence-corrected chi connectivity index (χ4v) is 2.62. The van der Waals surface area contributed by atoms with Gasteiger partial charge in [0.15, 0.2) is 11.6 Å². The normalized spacial score (nSPS) is 13.6. The van der Waals surface area contributed by atoms with Gasteiger partial charge in [-0.15, -0.1) is 0 Å². The molecule has 138 valence electrons. The van der Waals surface area contributed by atoms with Gasteiger partial charge in [-0.25, -0.2) is 19.2 Å². The molecule has 3 rings (SSSR count). The van der Waals surface area contributed by atoms with Crippen molar-refractivity contribution < 1.29 is 18.4 Å². The predicted molar refractivity (Wildman–Crippen MR) is 94.5 cm³/mol. The standard InChI is InChI=1S/C18H18ClF2N3O2/c1-9-5-10(2)17(22-7-9)23-16-12(6-13(19)14(20)15(16)21)18(25)24-26-8-11-3-4-11/h5-7,11H,3-4,8H2,1-2H3,(H,22,23)(H,24,25). The zero-order chi connectivity index (χ0) is 18.8. The third-order valence-corrected chi connectivity index (χ3v) is 4.32. The second-order valence-corrected chi connectivity index (χ2v) is 6.80. The van der Waals surface area contributed by atoms with Crippen molar-refractivity contribution in [1.29, 1.82) is 0 Å². The zero-order valence-corrected chi connectivity index (χ0v) is 15.1. The van der Waals surface area contributed by atoms with Crippen LogP contribution in [0.4, 0.5) is 20.3 Å². The fourth-order valence-electron chi connectivity index (χ4n) is 2.43. The van der Waals surface area contributed by atoms with E-state index in [1.165, 1.54) is 0 Å². The number of carbonyl (C=O) groups is 1. The topological polar surface area (TPSA) is 63.2 Å². The van der Waals surface area contributed by atoms with Gasteiger partial charge >= 0.3 is 0 Å². The molecule has 0 aliphatic heterocycles. The highest BCUT2D eigenvalue weighted by atomic mass is 35.5. The molecule has 0 unspecified atom stereocenters. The SMILES string of the molecule is Cc1cnc(Nc2c(C(=O)NOCC3CC3)cc(Cl)c(F)c2F)c(C)c1. The predicted octanol–water partition coefficient (Wildman–Crippen LogP) is 4.45. The quantitative estimate of drug-likeness (QED) is 0.573. The van der Waals surface area contributed by atoms with E-state index in [1.54, 1.807) is 13.1 Å². The van der Waals surface area contributed by atoms with Crippen LogP contribution >= 0.6 is 11.6 Å². The summed E-state index contributed by atoms with van der Waals surface area (Å²) >= 11 is 5.71. The van der Waals surface area contributed by atoms with Crippen molar-refractivity contribution >= 4 is 29.0 Å². The smallest absolute Gasteiger partial charge is 0.277 e. The maximum absolute atomic E-state index is 14.5. The van der Waals surface area contributed by atoms with Crippen LogP contribution in [0.25, 0.3) is 0 Å². The van der Waals surface area contributed by atoms with Crippen LogP contribution in [-0.2, 0) is 4.84 Å². The molecule has 0 radical (unpaired) electrons. The highest BCUT2D eigenvalue weighted by Crippen LogP contribution is 2.32. The fraction of sp³-hybridized carbons (Fsp3) is 0.333.